The molecule has 10 heteroatoms. The lowest BCUT2D eigenvalue weighted by molar-refractivity contribution is -0.142. The summed E-state index contributed by atoms with van der Waals surface area (Å²) in [6.07, 6.45) is 4.92. The molecule has 0 saturated carbocycles. The summed E-state index contributed by atoms with van der Waals surface area (Å²) in [6.45, 7) is 0.362. The number of pyridine rings is 1. The van der Waals surface area contributed by atoms with Gasteiger partial charge < -0.3 is 14.6 Å². The maximum Gasteiger partial charge on any atom is 0.248 e. The minimum absolute atomic E-state index is 0.0614. The van der Waals surface area contributed by atoms with E-state index in [1.807, 2.05) is 47.8 Å². The van der Waals surface area contributed by atoms with Crippen LogP contribution < -0.4 is 5.32 Å². The largest absolute Gasteiger partial charge is 0.467 e. The SMILES string of the molecule is O=C(NCc1ccco1)[C@@H](c1cccs1)N(Cc1cccnc1)C(=O)Cn1nnc2ccccc21. The molecule has 1 atom stereocenters. The molecule has 176 valence electrons. The topological polar surface area (TPSA) is 106 Å². The van der Waals surface area contributed by atoms with Gasteiger partial charge >= 0.3 is 0 Å². The van der Waals surface area contributed by atoms with Gasteiger partial charge in [0.1, 0.15) is 23.9 Å². The first-order valence-electron chi connectivity index (χ1n) is 11.0. The van der Waals surface area contributed by atoms with Gasteiger partial charge in [0.2, 0.25) is 11.8 Å². The van der Waals surface area contributed by atoms with Crippen LogP contribution in [0.4, 0.5) is 0 Å². The summed E-state index contributed by atoms with van der Waals surface area (Å²) in [5, 5.41) is 13.1. The number of carbonyl (C=O) groups excluding carboxylic acids is 2. The number of furan rings is 1. The molecule has 9 nitrogen and oxygen atoms in total. The highest BCUT2D eigenvalue weighted by atomic mass is 32.1. The number of nitrogens with zero attached hydrogens (tertiary/aromatic N) is 5. The third-order valence-corrected chi connectivity index (χ3v) is 6.42. The molecule has 0 aliphatic carbocycles. The normalized spacial score (nSPS) is 11.9. The summed E-state index contributed by atoms with van der Waals surface area (Å²) < 4.78 is 6.91. The van der Waals surface area contributed by atoms with Crippen LogP contribution in [0.5, 0.6) is 0 Å². The minimum atomic E-state index is -0.840. The van der Waals surface area contributed by atoms with E-state index in [4.69, 9.17) is 4.42 Å². The standard InChI is InChI=1S/C25H22N6O3S/c32-23(17-31-21-9-2-1-8-20(21)28-29-31)30(16-18-6-3-11-26-14-18)24(22-10-5-13-35-22)25(33)27-15-19-7-4-12-34-19/h1-14,24H,15-17H2,(H,27,33)/t24-/m1/s1. The van der Waals surface area contributed by atoms with E-state index in [0.717, 1.165) is 16.0 Å². The quantitative estimate of drug-likeness (QED) is 0.341. The van der Waals surface area contributed by atoms with Crippen molar-refractivity contribution in [1.29, 1.82) is 0 Å². The van der Waals surface area contributed by atoms with E-state index in [1.165, 1.54) is 11.3 Å². The van der Waals surface area contributed by atoms with Crippen molar-refractivity contribution in [3.05, 3.63) is 101 Å². The average molecular weight is 487 g/mol. The predicted octanol–water partition coefficient (Wildman–Crippen LogP) is 3.57. The second-order valence-corrected chi connectivity index (χ2v) is 8.81. The Balaban J connectivity index is 1.47. The number of benzene rings is 1. The number of hydrogen-bond donors (Lipinski definition) is 1. The number of fused-ring (bicyclic) bond motifs is 1. The monoisotopic (exact) mass is 486 g/mol. The van der Waals surface area contributed by atoms with E-state index >= 15 is 0 Å². The van der Waals surface area contributed by atoms with Gasteiger partial charge in [0.25, 0.3) is 0 Å². The first kappa shape index (κ1) is 22.5. The highest BCUT2D eigenvalue weighted by Crippen LogP contribution is 2.28. The van der Waals surface area contributed by atoms with Gasteiger partial charge in [-0.25, -0.2) is 4.68 Å². The van der Waals surface area contributed by atoms with E-state index < -0.39 is 6.04 Å². The van der Waals surface area contributed by atoms with Gasteiger partial charge in [-0.1, -0.05) is 29.5 Å². The van der Waals surface area contributed by atoms with Crippen molar-refractivity contribution in [3.8, 4) is 0 Å². The Labute approximate surface area is 205 Å². The molecule has 2 amide bonds. The fourth-order valence-electron chi connectivity index (χ4n) is 3.82. The molecule has 1 N–H and O–H groups in total. The predicted molar refractivity (Wildman–Crippen MR) is 130 cm³/mol. The fraction of sp³-hybridized carbons (Fsp3) is 0.160. The second kappa shape index (κ2) is 10.3. The van der Waals surface area contributed by atoms with Crippen LogP contribution in [-0.4, -0.2) is 36.7 Å². The molecule has 35 heavy (non-hydrogen) atoms. The molecule has 5 aromatic rings. The lowest BCUT2D eigenvalue weighted by atomic mass is 10.1. The molecule has 4 heterocycles. The van der Waals surface area contributed by atoms with Crippen LogP contribution in [0.15, 0.2) is 89.1 Å². The van der Waals surface area contributed by atoms with E-state index in [-0.39, 0.29) is 31.4 Å². The van der Waals surface area contributed by atoms with Crippen molar-refractivity contribution in [2.75, 3.05) is 0 Å². The third kappa shape index (κ3) is 5.12. The Morgan fingerprint density at radius 2 is 2.00 bits per heavy atom. The molecule has 0 bridgehead atoms. The Bertz CT molecular complexity index is 1400. The van der Waals surface area contributed by atoms with Crippen molar-refractivity contribution in [1.82, 2.24) is 30.2 Å². The van der Waals surface area contributed by atoms with Gasteiger partial charge in [0, 0.05) is 23.8 Å². The number of para-hydroxylation sites is 1. The van der Waals surface area contributed by atoms with Crippen LogP contribution in [0.25, 0.3) is 11.0 Å². The highest BCUT2D eigenvalue weighted by Gasteiger charge is 2.33. The average Bonchev–Trinajstić information content (AvgIpc) is 3.66. The van der Waals surface area contributed by atoms with Gasteiger partial charge in [-0.05, 0) is 47.3 Å². The Morgan fingerprint density at radius 3 is 2.77 bits per heavy atom. The van der Waals surface area contributed by atoms with E-state index in [0.29, 0.717) is 11.3 Å². The molecule has 0 spiro atoms. The molecule has 1 aromatic carbocycles. The summed E-state index contributed by atoms with van der Waals surface area (Å²) in [6, 6.07) is 17.6. The van der Waals surface area contributed by atoms with Crippen LogP contribution in [0.3, 0.4) is 0 Å². The van der Waals surface area contributed by atoms with Crippen molar-refractivity contribution < 1.29 is 14.0 Å². The molecular formula is C25H22N6O3S. The van der Waals surface area contributed by atoms with Crippen molar-refractivity contribution in [2.45, 2.75) is 25.7 Å². The Morgan fingerprint density at radius 1 is 1.09 bits per heavy atom. The molecule has 0 radical (unpaired) electrons. The summed E-state index contributed by atoms with van der Waals surface area (Å²) in [5.74, 6) is 0.0584. The smallest absolute Gasteiger partial charge is 0.248 e. The summed E-state index contributed by atoms with van der Waals surface area (Å²) in [5.41, 5.74) is 2.26. The molecule has 0 unspecified atom stereocenters. The molecule has 5 rings (SSSR count). The highest BCUT2D eigenvalue weighted by molar-refractivity contribution is 7.10. The van der Waals surface area contributed by atoms with Crippen LogP contribution in [-0.2, 0) is 29.2 Å². The van der Waals surface area contributed by atoms with Crippen LogP contribution in [0, 0.1) is 0 Å². The maximum absolute atomic E-state index is 13.8. The lowest BCUT2D eigenvalue weighted by Gasteiger charge is -2.30. The number of aromatic nitrogens is 4. The van der Waals surface area contributed by atoms with Crippen molar-refractivity contribution >= 4 is 34.2 Å². The number of thiophene rings is 1. The Kier molecular flexibility index (Phi) is 6.62. The number of amides is 2. The van der Waals surface area contributed by atoms with E-state index in [1.54, 1.807) is 46.4 Å². The minimum Gasteiger partial charge on any atom is -0.467 e. The van der Waals surface area contributed by atoms with Crippen molar-refractivity contribution in [2.24, 2.45) is 0 Å². The van der Waals surface area contributed by atoms with Gasteiger partial charge in [-0.15, -0.1) is 16.4 Å². The molecule has 4 aromatic heterocycles. The first-order valence-corrected chi connectivity index (χ1v) is 11.9. The van der Waals surface area contributed by atoms with E-state index in [2.05, 4.69) is 20.6 Å². The molecular weight excluding hydrogens is 464 g/mol. The van der Waals surface area contributed by atoms with Crippen LogP contribution in [0.2, 0.25) is 0 Å². The van der Waals surface area contributed by atoms with Crippen LogP contribution in [0.1, 0.15) is 22.2 Å². The van der Waals surface area contributed by atoms with Crippen LogP contribution >= 0.6 is 11.3 Å². The second-order valence-electron chi connectivity index (χ2n) is 7.83. The van der Waals surface area contributed by atoms with Gasteiger partial charge in [0.15, 0.2) is 0 Å². The number of hydrogen-bond acceptors (Lipinski definition) is 7. The van der Waals surface area contributed by atoms with Gasteiger partial charge in [-0.2, -0.15) is 0 Å². The third-order valence-electron chi connectivity index (χ3n) is 5.49. The van der Waals surface area contributed by atoms with Gasteiger partial charge in [-0.3, -0.25) is 14.6 Å². The number of rotatable bonds is 9. The summed E-state index contributed by atoms with van der Waals surface area (Å²) >= 11 is 1.42. The summed E-state index contributed by atoms with van der Waals surface area (Å²) in [4.78, 5) is 33.7. The fourth-order valence-corrected chi connectivity index (χ4v) is 4.65. The Hall–Kier alpha value is -4.31. The zero-order valence-corrected chi connectivity index (χ0v) is 19.5. The zero-order chi connectivity index (χ0) is 24.0. The number of carbonyl (C=O) groups is 2. The summed E-state index contributed by atoms with van der Waals surface area (Å²) in [7, 11) is 0. The van der Waals surface area contributed by atoms with Gasteiger partial charge in [0.05, 0.1) is 18.3 Å². The maximum atomic E-state index is 13.8. The molecule has 0 saturated heterocycles. The molecule has 0 fully saturated rings. The first-order chi connectivity index (χ1) is 17.2. The lowest BCUT2D eigenvalue weighted by Crippen LogP contribution is -2.44. The zero-order valence-electron chi connectivity index (χ0n) is 18.7. The van der Waals surface area contributed by atoms with Crippen molar-refractivity contribution in [3.63, 3.8) is 0 Å². The van der Waals surface area contributed by atoms with E-state index in [9.17, 15) is 9.59 Å². The molecule has 0 aliphatic heterocycles. The number of nitrogens with one attached hydrogen (secondary N) is 1. The molecule has 0 aliphatic rings.